The Bertz CT molecular complexity index is 531. The second-order valence-corrected chi connectivity index (χ2v) is 6.64. The number of methoxy groups -OCH3 is 1. The van der Waals surface area contributed by atoms with Gasteiger partial charge in [0.1, 0.15) is 5.75 Å². The summed E-state index contributed by atoms with van der Waals surface area (Å²) in [6.45, 7) is 6.88. The number of ether oxygens (including phenoxy) is 1. The van der Waals surface area contributed by atoms with Gasteiger partial charge < -0.3 is 15.0 Å². The standard InChI is InChI=1S/C19H32N4O.HI/c1-6-20-19(21-13-15(2)23(4)17-9-10-17)22(3)14-16-7-11-18(24-5)12-8-16;/h7-8,11-12,15,17H,6,9-10,13-14H2,1-5H3,(H,20,21);1H. The van der Waals surface area contributed by atoms with E-state index in [-0.39, 0.29) is 24.0 Å². The number of halogens is 1. The first-order valence-corrected chi connectivity index (χ1v) is 8.89. The highest BCUT2D eigenvalue weighted by atomic mass is 127. The average Bonchev–Trinajstić information content (AvgIpc) is 3.43. The lowest BCUT2D eigenvalue weighted by Gasteiger charge is -2.25. The minimum Gasteiger partial charge on any atom is -0.497 e. The minimum absolute atomic E-state index is 0. The highest BCUT2D eigenvalue weighted by Crippen LogP contribution is 2.26. The van der Waals surface area contributed by atoms with Crippen LogP contribution in [0.15, 0.2) is 29.3 Å². The number of rotatable bonds is 8. The Morgan fingerprint density at radius 2 is 1.92 bits per heavy atom. The van der Waals surface area contributed by atoms with Crippen LogP contribution in [0, 0.1) is 0 Å². The van der Waals surface area contributed by atoms with Crippen molar-refractivity contribution in [3.05, 3.63) is 29.8 Å². The van der Waals surface area contributed by atoms with Crippen molar-refractivity contribution in [1.82, 2.24) is 15.1 Å². The molecule has 2 rings (SSSR count). The first-order valence-electron chi connectivity index (χ1n) is 8.89. The third kappa shape index (κ3) is 7.01. The van der Waals surface area contributed by atoms with Gasteiger partial charge in [0.25, 0.3) is 0 Å². The van der Waals surface area contributed by atoms with Gasteiger partial charge in [-0.25, -0.2) is 0 Å². The van der Waals surface area contributed by atoms with Gasteiger partial charge in [-0.05, 0) is 51.4 Å². The van der Waals surface area contributed by atoms with Crippen molar-refractivity contribution in [3.63, 3.8) is 0 Å². The second kappa shape index (κ2) is 10.9. The number of likely N-dealkylation sites (N-methyl/N-ethyl adjacent to an activating group) is 1. The van der Waals surface area contributed by atoms with E-state index in [1.807, 2.05) is 12.1 Å². The second-order valence-electron chi connectivity index (χ2n) is 6.64. The minimum atomic E-state index is 0. The molecule has 1 fully saturated rings. The molecule has 25 heavy (non-hydrogen) atoms. The van der Waals surface area contributed by atoms with Gasteiger partial charge in [0, 0.05) is 32.2 Å². The molecule has 1 unspecified atom stereocenters. The Morgan fingerprint density at radius 1 is 1.28 bits per heavy atom. The number of benzene rings is 1. The summed E-state index contributed by atoms with van der Waals surface area (Å²) in [5, 5.41) is 3.40. The molecule has 1 aliphatic rings. The van der Waals surface area contributed by atoms with Crippen molar-refractivity contribution in [2.45, 2.75) is 45.3 Å². The highest BCUT2D eigenvalue weighted by Gasteiger charge is 2.28. The molecule has 0 radical (unpaired) electrons. The van der Waals surface area contributed by atoms with Gasteiger partial charge in [-0.2, -0.15) is 0 Å². The van der Waals surface area contributed by atoms with Crippen molar-refractivity contribution in [2.75, 3.05) is 34.3 Å². The molecule has 142 valence electrons. The Balaban J connectivity index is 0.00000312. The van der Waals surface area contributed by atoms with Gasteiger partial charge in [-0.1, -0.05) is 12.1 Å². The summed E-state index contributed by atoms with van der Waals surface area (Å²) in [5.41, 5.74) is 1.24. The molecule has 0 heterocycles. The monoisotopic (exact) mass is 460 g/mol. The van der Waals surface area contributed by atoms with Gasteiger partial charge >= 0.3 is 0 Å². The molecule has 6 heteroatoms. The summed E-state index contributed by atoms with van der Waals surface area (Å²) in [6.07, 6.45) is 2.67. The van der Waals surface area contributed by atoms with E-state index in [0.29, 0.717) is 6.04 Å². The van der Waals surface area contributed by atoms with Crippen LogP contribution in [0.3, 0.4) is 0 Å². The van der Waals surface area contributed by atoms with E-state index in [0.717, 1.165) is 37.4 Å². The molecular weight excluding hydrogens is 427 g/mol. The topological polar surface area (TPSA) is 40.1 Å². The Hall–Kier alpha value is -1.02. The van der Waals surface area contributed by atoms with Crippen molar-refractivity contribution in [3.8, 4) is 5.75 Å². The molecule has 1 atom stereocenters. The molecule has 1 N–H and O–H groups in total. The number of hydrogen-bond acceptors (Lipinski definition) is 3. The van der Waals surface area contributed by atoms with Crippen LogP contribution in [0.1, 0.15) is 32.3 Å². The third-order valence-electron chi connectivity index (χ3n) is 4.60. The molecule has 1 aliphatic carbocycles. The van der Waals surface area contributed by atoms with Crippen LogP contribution in [0.5, 0.6) is 5.75 Å². The molecule has 5 nitrogen and oxygen atoms in total. The Morgan fingerprint density at radius 3 is 2.44 bits per heavy atom. The van der Waals surface area contributed by atoms with E-state index in [2.05, 4.69) is 55.2 Å². The third-order valence-corrected chi connectivity index (χ3v) is 4.60. The van der Waals surface area contributed by atoms with E-state index in [4.69, 9.17) is 9.73 Å². The summed E-state index contributed by atoms with van der Waals surface area (Å²) in [7, 11) is 5.99. The van der Waals surface area contributed by atoms with Gasteiger partial charge in [0.15, 0.2) is 5.96 Å². The molecule has 1 aromatic rings. The smallest absolute Gasteiger partial charge is 0.194 e. The van der Waals surface area contributed by atoms with Crippen molar-refractivity contribution < 1.29 is 4.74 Å². The lowest BCUT2D eigenvalue weighted by molar-refractivity contribution is 0.252. The lowest BCUT2D eigenvalue weighted by Crippen LogP contribution is -2.40. The van der Waals surface area contributed by atoms with Crippen LogP contribution >= 0.6 is 24.0 Å². The zero-order valence-electron chi connectivity index (χ0n) is 16.2. The van der Waals surface area contributed by atoms with Crippen LogP contribution in [-0.4, -0.2) is 62.1 Å². The number of guanidine groups is 1. The van der Waals surface area contributed by atoms with Crippen LogP contribution in [0.4, 0.5) is 0 Å². The quantitative estimate of drug-likeness (QED) is 0.368. The van der Waals surface area contributed by atoms with Crippen molar-refractivity contribution >= 4 is 29.9 Å². The van der Waals surface area contributed by atoms with Crippen LogP contribution < -0.4 is 10.1 Å². The lowest BCUT2D eigenvalue weighted by atomic mass is 10.2. The molecule has 0 saturated heterocycles. The summed E-state index contributed by atoms with van der Waals surface area (Å²) in [5.74, 6) is 1.85. The average molecular weight is 460 g/mol. The molecule has 0 aliphatic heterocycles. The Labute approximate surface area is 169 Å². The van der Waals surface area contributed by atoms with Gasteiger partial charge in [0.2, 0.25) is 0 Å². The van der Waals surface area contributed by atoms with Crippen LogP contribution in [0.2, 0.25) is 0 Å². The maximum atomic E-state index is 5.22. The number of nitrogens with one attached hydrogen (secondary N) is 1. The van der Waals surface area contributed by atoms with E-state index in [1.54, 1.807) is 7.11 Å². The first-order chi connectivity index (χ1) is 11.5. The predicted molar refractivity (Wildman–Crippen MR) is 116 cm³/mol. The van der Waals surface area contributed by atoms with E-state index < -0.39 is 0 Å². The summed E-state index contributed by atoms with van der Waals surface area (Å²) in [6, 6.07) is 9.44. The fraction of sp³-hybridized carbons (Fsp3) is 0.632. The Kier molecular flexibility index (Phi) is 9.56. The molecule has 1 saturated carbocycles. The molecule has 0 spiro atoms. The van der Waals surface area contributed by atoms with Gasteiger partial charge in [0.05, 0.1) is 13.7 Å². The predicted octanol–water partition coefficient (Wildman–Crippen LogP) is 3.19. The summed E-state index contributed by atoms with van der Waals surface area (Å²) in [4.78, 5) is 9.47. The molecule has 0 aromatic heterocycles. The maximum Gasteiger partial charge on any atom is 0.194 e. The summed E-state index contributed by atoms with van der Waals surface area (Å²) < 4.78 is 5.22. The highest BCUT2D eigenvalue weighted by molar-refractivity contribution is 14.0. The van der Waals surface area contributed by atoms with Crippen LogP contribution in [-0.2, 0) is 6.54 Å². The zero-order valence-corrected chi connectivity index (χ0v) is 18.5. The van der Waals surface area contributed by atoms with Gasteiger partial charge in [-0.15, -0.1) is 24.0 Å². The van der Waals surface area contributed by atoms with Crippen molar-refractivity contribution in [1.29, 1.82) is 0 Å². The fourth-order valence-corrected chi connectivity index (χ4v) is 2.74. The molecule has 0 bridgehead atoms. The zero-order chi connectivity index (χ0) is 17.5. The number of hydrogen-bond donors (Lipinski definition) is 1. The van der Waals surface area contributed by atoms with Crippen molar-refractivity contribution in [2.24, 2.45) is 4.99 Å². The van der Waals surface area contributed by atoms with Gasteiger partial charge in [-0.3, -0.25) is 9.89 Å². The van der Waals surface area contributed by atoms with Crippen LogP contribution in [0.25, 0.3) is 0 Å². The van der Waals surface area contributed by atoms with E-state index >= 15 is 0 Å². The first kappa shape index (κ1) is 22.0. The SMILES string of the molecule is CCNC(=NCC(C)N(C)C1CC1)N(C)Cc1ccc(OC)cc1.I. The molecule has 1 aromatic carbocycles. The molecule has 0 amide bonds. The number of nitrogens with zero attached hydrogens (tertiary/aromatic N) is 3. The normalized spacial score (nSPS) is 15.5. The number of aliphatic imine (C=N–C) groups is 1. The maximum absolute atomic E-state index is 5.22. The molecular formula is C19H33IN4O. The largest absolute Gasteiger partial charge is 0.497 e. The summed E-state index contributed by atoms with van der Waals surface area (Å²) >= 11 is 0. The van der Waals surface area contributed by atoms with E-state index in [9.17, 15) is 0 Å². The van der Waals surface area contributed by atoms with E-state index in [1.165, 1.54) is 18.4 Å². The fourth-order valence-electron chi connectivity index (χ4n) is 2.74.